The fourth-order valence-electron chi connectivity index (χ4n) is 3.91. The van der Waals surface area contributed by atoms with Crippen molar-refractivity contribution in [3.05, 3.63) is 36.2 Å². The van der Waals surface area contributed by atoms with Crippen LogP contribution in [0.15, 0.2) is 34.9 Å². The van der Waals surface area contributed by atoms with Crippen molar-refractivity contribution in [2.75, 3.05) is 13.1 Å². The Hall–Kier alpha value is -2.21. The molecule has 6 heteroatoms. The number of hydrogen-bond donors (Lipinski definition) is 0. The van der Waals surface area contributed by atoms with Crippen LogP contribution in [0.1, 0.15) is 44.4 Å². The maximum absolute atomic E-state index is 12.6. The summed E-state index contributed by atoms with van der Waals surface area (Å²) in [5, 5.41) is 4.02. The molecule has 1 amide bonds. The Morgan fingerprint density at radius 3 is 2.77 bits per heavy atom. The van der Waals surface area contributed by atoms with E-state index in [1.165, 1.54) is 12.8 Å². The van der Waals surface area contributed by atoms with Crippen LogP contribution in [-0.4, -0.2) is 40.1 Å². The van der Waals surface area contributed by atoms with Crippen LogP contribution in [0.2, 0.25) is 0 Å². The van der Waals surface area contributed by atoms with Gasteiger partial charge in [-0.3, -0.25) is 4.79 Å². The first-order valence-corrected chi connectivity index (χ1v) is 9.58. The number of benzene rings is 1. The number of carbonyl (C=O) groups excluding carboxylic acids is 1. The molecule has 1 aliphatic heterocycles. The molecule has 0 bridgehead atoms. The zero-order valence-electron chi connectivity index (χ0n) is 15.0. The molecule has 4 rings (SSSR count). The molecule has 2 heterocycles. The second-order valence-corrected chi connectivity index (χ2v) is 7.22. The van der Waals surface area contributed by atoms with Crippen molar-refractivity contribution in [1.82, 2.24) is 15.0 Å². The summed E-state index contributed by atoms with van der Waals surface area (Å²) in [7, 11) is 0. The van der Waals surface area contributed by atoms with E-state index in [9.17, 15) is 4.79 Å². The molecular weight excluding hydrogens is 330 g/mol. The Bertz CT molecular complexity index is 725. The minimum atomic E-state index is 0.0428. The van der Waals surface area contributed by atoms with Gasteiger partial charge < -0.3 is 14.2 Å². The number of ether oxygens (including phenoxy) is 1. The number of carbonyl (C=O) groups is 1. The molecule has 2 aromatic rings. The summed E-state index contributed by atoms with van der Waals surface area (Å²) in [6.07, 6.45) is 6.46. The Morgan fingerprint density at radius 2 is 1.96 bits per heavy atom. The summed E-state index contributed by atoms with van der Waals surface area (Å²) < 4.78 is 11.3. The number of aromatic nitrogens is 2. The third kappa shape index (κ3) is 3.96. The average Bonchev–Trinajstić information content (AvgIpc) is 3.39. The highest BCUT2D eigenvalue weighted by atomic mass is 16.5. The van der Waals surface area contributed by atoms with Gasteiger partial charge in [0.1, 0.15) is 6.61 Å². The molecular formula is C20H25N3O3. The molecule has 2 fully saturated rings. The van der Waals surface area contributed by atoms with E-state index in [1.54, 1.807) is 0 Å². The van der Waals surface area contributed by atoms with Gasteiger partial charge in [-0.05, 0) is 25.7 Å². The lowest BCUT2D eigenvalue weighted by molar-refractivity contribution is -0.140. The van der Waals surface area contributed by atoms with Crippen LogP contribution < -0.4 is 0 Å². The number of likely N-dealkylation sites (tertiary alicyclic amines) is 1. The molecule has 1 atom stereocenters. The van der Waals surface area contributed by atoms with Gasteiger partial charge in [-0.1, -0.05) is 48.3 Å². The van der Waals surface area contributed by atoms with Crippen molar-refractivity contribution in [3.8, 4) is 11.4 Å². The van der Waals surface area contributed by atoms with Crippen molar-refractivity contribution >= 4 is 5.91 Å². The standard InChI is InChI=1S/C20H25N3O3/c24-20(16-9-4-5-10-16)23-12-6-11-17(13-23)25-14-18-21-19(22-26-18)15-7-2-1-3-8-15/h1-3,7-8,16-17H,4-6,9-14H2/t17-/m1/s1. The van der Waals surface area contributed by atoms with Crippen LogP contribution in [0.3, 0.4) is 0 Å². The second-order valence-electron chi connectivity index (χ2n) is 7.22. The van der Waals surface area contributed by atoms with Crippen molar-refractivity contribution in [3.63, 3.8) is 0 Å². The molecule has 0 N–H and O–H groups in total. The first-order chi connectivity index (χ1) is 12.8. The molecule has 1 aromatic heterocycles. The van der Waals surface area contributed by atoms with Gasteiger partial charge in [0.25, 0.3) is 5.89 Å². The van der Waals surface area contributed by atoms with Gasteiger partial charge in [0, 0.05) is 24.6 Å². The third-order valence-electron chi connectivity index (χ3n) is 5.34. The van der Waals surface area contributed by atoms with Gasteiger partial charge in [0.2, 0.25) is 11.7 Å². The predicted molar refractivity (Wildman–Crippen MR) is 96.1 cm³/mol. The zero-order chi connectivity index (χ0) is 17.8. The Kier molecular flexibility index (Phi) is 5.29. The summed E-state index contributed by atoms with van der Waals surface area (Å²) in [4.78, 5) is 19.0. The molecule has 26 heavy (non-hydrogen) atoms. The van der Waals surface area contributed by atoms with Crippen LogP contribution in [0, 0.1) is 5.92 Å². The highest BCUT2D eigenvalue weighted by Gasteiger charge is 2.31. The lowest BCUT2D eigenvalue weighted by Gasteiger charge is -2.34. The molecule has 1 aromatic carbocycles. The SMILES string of the molecule is O=C(C1CCCC1)N1CCC[C@@H](OCc2nc(-c3ccccc3)no2)C1. The van der Waals surface area contributed by atoms with Crippen LogP contribution in [0.25, 0.3) is 11.4 Å². The predicted octanol–water partition coefficient (Wildman–Crippen LogP) is 3.43. The largest absolute Gasteiger partial charge is 0.367 e. The van der Waals surface area contributed by atoms with E-state index >= 15 is 0 Å². The van der Waals surface area contributed by atoms with Crippen molar-refractivity contribution in [2.24, 2.45) is 5.92 Å². The van der Waals surface area contributed by atoms with Gasteiger partial charge in [-0.15, -0.1) is 0 Å². The quantitative estimate of drug-likeness (QED) is 0.822. The van der Waals surface area contributed by atoms with Gasteiger partial charge in [0.15, 0.2) is 0 Å². The van der Waals surface area contributed by atoms with E-state index in [2.05, 4.69) is 10.1 Å². The zero-order valence-corrected chi connectivity index (χ0v) is 15.0. The highest BCUT2D eigenvalue weighted by Crippen LogP contribution is 2.28. The Balaban J connectivity index is 1.30. The number of rotatable bonds is 5. The van der Waals surface area contributed by atoms with Gasteiger partial charge in [-0.2, -0.15) is 4.98 Å². The van der Waals surface area contributed by atoms with Crippen LogP contribution in [-0.2, 0) is 16.1 Å². The summed E-state index contributed by atoms with van der Waals surface area (Å²) in [5.41, 5.74) is 0.925. The molecule has 0 radical (unpaired) electrons. The lowest BCUT2D eigenvalue weighted by Crippen LogP contribution is -2.45. The van der Waals surface area contributed by atoms with E-state index in [0.717, 1.165) is 37.8 Å². The average molecular weight is 355 g/mol. The van der Waals surface area contributed by atoms with E-state index in [4.69, 9.17) is 9.26 Å². The van der Waals surface area contributed by atoms with Crippen LogP contribution >= 0.6 is 0 Å². The molecule has 6 nitrogen and oxygen atoms in total. The van der Waals surface area contributed by atoms with Crippen molar-refractivity contribution < 1.29 is 14.1 Å². The Labute approximate surface area is 153 Å². The highest BCUT2D eigenvalue weighted by molar-refractivity contribution is 5.79. The number of hydrogen-bond acceptors (Lipinski definition) is 5. The van der Waals surface area contributed by atoms with Crippen molar-refractivity contribution in [1.29, 1.82) is 0 Å². The van der Waals surface area contributed by atoms with E-state index in [-0.39, 0.29) is 18.6 Å². The van der Waals surface area contributed by atoms with Crippen LogP contribution in [0.5, 0.6) is 0 Å². The molecule has 0 unspecified atom stereocenters. The summed E-state index contributed by atoms with van der Waals surface area (Å²) in [6.45, 7) is 1.82. The molecule has 1 saturated carbocycles. The maximum Gasteiger partial charge on any atom is 0.252 e. The minimum absolute atomic E-state index is 0.0428. The minimum Gasteiger partial charge on any atom is -0.367 e. The fraction of sp³-hybridized carbons (Fsp3) is 0.550. The van der Waals surface area contributed by atoms with E-state index in [1.807, 2.05) is 35.2 Å². The third-order valence-corrected chi connectivity index (χ3v) is 5.34. The first kappa shape index (κ1) is 17.2. The van der Waals surface area contributed by atoms with Gasteiger partial charge in [-0.25, -0.2) is 0 Å². The molecule has 2 aliphatic rings. The summed E-state index contributed by atoms with van der Waals surface area (Å²) >= 11 is 0. The van der Waals surface area contributed by atoms with E-state index < -0.39 is 0 Å². The first-order valence-electron chi connectivity index (χ1n) is 9.58. The van der Waals surface area contributed by atoms with Gasteiger partial charge in [0.05, 0.1) is 6.10 Å². The molecule has 1 saturated heterocycles. The van der Waals surface area contributed by atoms with Crippen molar-refractivity contribution in [2.45, 2.75) is 51.2 Å². The number of amides is 1. The normalized spacial score (nSPS) is 21.2. The topological polar surface area (TPSA) is 68.5 Å². The van der Waals surface area contributed by atoms with Gasteiger partial charge >= 0.3 is 0 Å². The number of nitrogens with zero attached hydrogens (tertiary/aromatic N) is 3. The lowest BCUT2D eigenvalue weighted by atomic mass is 10.0. The monoisotopic (exact) mass is 355 g/mol. The molecule has 138 valence electrons. The Morgan fingerprint density at radius 1 is 1.15 bits per heavy atom. The smallest absolute Gasteiger partial charge is 0.252 e. The van der Waals surface area contributed by atoms with E-state index in [0.29, 0.717) is 24.2 Å². The summed E-state index contributed by atoms with van der Waals surface area (Å²) in [5.74, 6) is 1.60. The number of piperidine rings is 1. The van der Waals surface area contributed by atoms with Crippen LogP contribution in [0.4, 0.5) is 0 Å². The fourth-order valence-corrected chi connectivity index (χ4v) is 3.91. The second kappa shape index (κ2) is 7.99. The molecule has 0 spiro atoms. The maximum atomic E-state index is 12.6. The summed E-state index contributed by atoms with van der Waals surface area (Å²) in [6, 6.07) is 9.74. The molecule has 1 aliphatic carbocycles.